The molecule has 0 fully saturated rings. The Labute approximate surface area is 112 Å². The van der Waals surface area contributed by atoms with Gasteiger partial charge in [0, 0.05) is 12.1 Å². The van der Waals surface area contributed by atoms with Crippen LogP contribution in [-0.2, 0) is 6.42 Å². The van der Waals surface area contributed by atoms with E-state index in [1.165, 1.54) is 24.0 Å². The molecule has 0 bridgehead atoms. The highest BCUT2D eigenvalue weighted by Gasteiger charge is 2.39. The second-order valence-electron chi connectivity index (χ2n) is 6.64. The molecule has 18 heavy (non-hydrogen) atoms. The van der Waals surface area contributed by atoms with E-state index < -0.39 is 0 Å². The molecule has 3 unspecified atom stereocenters. The predicted molar refractivity (Wildman–Crippen MR) is 78.7 cm³/mol. The average molecular weight is 245 g/mol. The zero-order valence-electron chi connectivity index (χ0n) is 12.5. The third-order valence-electron chi connectivity index (χ3n) is 4.72. The summed E-state index contributed by atoms with van der Waals surface area (Å²) in [6, 6.07) is 9.99. The number of rotatable bonds is 4. The number of hydrogen-bond acceptors (Lipinski definition) is 1. The van der Waals surface area contributed by atoms with Crippen LogP contribution in [0.2, 0.25) is 0 Å². The van der Waals surface area contributed by atoms with Crippen LogP contribution in [-0.4, -0.2) is 6.04 Å². The first-order valence-corrected chi connectivity index (χ1v) is 7.29. The molecule has 0 aromatic heterocycles. The summed E-state index contributed by atoms with van der Waals surface area (Å²) in [5.41, 5.74) is 3.36. The van der Waals surface area contributed by atoms with Gasteiger partial charge in [0.1, 0.15) is 0 Å². The number of benzene rings is 1. The fraction of sp³-hybridized carbons (Fsp3) is 0.647. The molecule has 1 heteroatoms. The largest absolute Gasteiger partial charge is 0.307 e. The lowest BCUT2D eigenvalue weighted by molar-refractivity contribution is 0.228. The van der Waals surface area contributed by atoms with Gasteiger partial charge in [0.2, 0.25) is 0 Å². The van der Waals surface area contributed by atoms with Crippen LogP contribution in [0.3, 0.4) is 0 Å². The quantitative estimate of drug-likeness (QED) is 0.832. The lowest BCUT2D eigenvalue weighted by Gasteiger charge is -2.33. The van der Waals surface area contributed by atoms with E-state index in [2.05, 4.69) is 64.2 Å². The summed E-state index contributed by atoms with van der Waals surface area (Å²) in [5.74, 6) is 0.730. The van der Waals surface area contributed by atoms with Gasteiger partial charge in [-0.2, -0.15) is 0 Å². The summed E-state index contributed by atoms with van der Waals surface area (Å²) >= 11 is 0. The van der Waals surface area contributed by atoms with Gasteiger partial charge in [0.05, 0.1) is 0 Å². The first-order valence-electron chi connectivity index (χ1n) is 7.29. The third kappa shape index (κ3) is 2.47. The van der Waals surface area contributed by atoms with Crippen LogP contribution in [0.15, 0.2) is 24.3 Å². The van der Waals surface area contributed by atoms with Crippen molar-refractivity contribution in [2.45, 2.75) is 59.5 Å². The Morgan fingerprint density at radius 1 is 1.28 bits per heavy atom. The zero-order valence-corrected chi connectivity index (χ0v) is 12.5. The minimum absolute atomic E-state index is 0.325. The van der Waals surface area contributed by atoms with Crippen molar-refractivity contribution in [3.05, 3.63) is 35.4 Å². The van der Waals surface area contributed by atoms with Crippen molar-refractivity contribution in [2.75, 3.05) is 0 Å². The van der Waals surface area contributed by atoms with Crippen molar-refractivity contribution in [1.82, 2.24) is 5.32 Å². The molecule has 0 saturated carbocycles. The van der Waals surface area contributed by atoms with Crippen LogP contribution in [0.25, 0.3) is 0 Å². The summed E-state index contributed by atoms with van der Waals surface area (Å²) in [5, 5.41) is 3.88. The molecule has 3 atom stereocenters. The average Bonchev–Trinajstić information content (AvgIpc) is 2.59. The van der Waals surface area contributed by atoms with Crippen LogP contribution in [0, 0.1) is 11.3 Å². The van der Waals surface area contributed by atoms with Crippen molar-refractivity contribution in [3.8, 4) is 0 Å². The minimum Gasteiger partial charge on any atom is -0.307 e. The maximum absolute atomic E-state index is 3.88. The van der Waals surface area contributed by atoms with Gasteiger partial charge in [-0.15, -0.1) is 0 Å². The van der Waals surface area contributed by atoms with Crippen LogP contribution in [0.5, 0.6) is 0 Å². The minimum atomic E-state index is 0.325. The summed E-state index contributed by atoms with van der Waals surface area (Å²) in [6.45, 7) is 11.7. The van der Waals surface area contributed by atoms with Crippen molar-refractivity contribution >= 4 is 0 Å². The first-order chi connectivity index (χ1) is 8.45. The van der Waals surface area contributed by atoms with E-state index in [0.717, 1.165) is 5.92 Å². The normalized spacial score (nSPS) is 24.6. The highest BCUT2D eigenvalue weighted by atomic mass is 15.0. The van der Waals surface area contributed by atoms with Gasteiger partial charge < -0.3 is 5.32 Å². The van der Waals surface area contributed by atoms with Crippen molar-refractivity contribution in [1.29, 1.82) is 0 Å². The molecule has 1 aliphatic rings. The van der Waals surface area contributed by atoms with E-state index in [1.54, 1.807) is 0 Å². The first kappa shape index (κ1) is 13.6. The predicted octanol–water partition coefficient (Wildman–Crippen LogP) is 4.33. The van der Waals surface area contributed by atoms with E-state index in [9.17, 15) is 0 Å². The molecule has 1 aliphatic carbocycles. The van der Waals surface area contributed by atoms with Crippen molar-refractivity contribution < 1.29 is 0 Å². The highest BCUT2D eigenvalue weighted by molar-refractivity contribution is 5.37. The van der Waals surface area contributed by atoms with E-state index in [0.29, 0.717) is 17.5 Å². The molecule has 1 aromatic carbocycles. The van der Waals surface area contributed by atoms with Crippen molar-refractivity contribution in [2.24, 2.45) is 11.3 Å². The highest BCUT2D eigenvalue weighted by Crippen LogP contribution is 2.45. The molecule has 1 N–H and O–H groups in total. The number of fused-ring (bicyclic) bond motifs is 1. The summed E-state index contributed by atoms with van der Waals surface area (Å²) < 4.78 is 0. The summed E-state index contributed by atoms with van der Waals surface area (Å²) in [6.07, 6.45) is 2.43. The van der Waals surface area contributed by atoms with E-state index in [4.69, 9.17) is 0 Å². The van der Waals surface area contributed by atoms with E-state index in [-0.39, 0.29) is 0 Å². The SMILES string of the molecule is CCC(C)C(C)NC1c2ccccc2CC1(C)C. The van der Waals surface area contributed by atoms with E-state index in [1.807, 2.05) is 0 Å². The smallest absolute Gasteiger partial charge is 0.0379 e. The molecule has 1 aromatic rings. The molecule has 2 rings (SSSR count). The van der Waals surface area contributed by atoms with E-state index >= 15 is 0 Å². The Kier molecular flexibility index (Phi) is 3.82. The summed E-state index contributed by atoms with van der Waals surface area (Å²) in [4.78, 5) is 0. The Balaban J connectivity index is 2.21. The molecule has 0 amide bonds. The van der Waals surface area contributed by atoms with Gasteiger partial charge in [-0.05, 0) is 35.8 Å². The van der Waals surface area contributed by atoms with Gasteiger partial charge in [-0.1, -0.05) is 58.4 Å². The Hall–Kier alpha value is -0.820. The molecule has 1 nitrogen and oxygen atoms in total. The van der Waals surface area contributed by atoms with Gasteiger partial charge in [0.25, 0.3) is 0 Å². The standard InChI is InChI=1S/C17H27N/c1-6-12(2)13(3)18-16-15-10-8-7-9-14(15)11-17(16,4)5/h7-10,12-13,16,18H,6,11H2,1-5H3. The molecule has 0 spiro atoms. The van der Waals surface area contributed by atoms with Crippen molar-refractivity contribution in [3.63, 3.8) is 0 Å². The second kappa shape index (κ2) is 5.05. The molecule has 100 valence electrons. The van der Waals surface area contributed by atoms with Gasteiger partial charge in [-0.3, -0.25) is 0 Å². The van der Waals surface area contributed by atoms with Gasteiger partial charge >= 0.3 is 0 Å². The van der Waals surface area contributed by atoms with Crippen LogP contribution in [0.4, 0.5) is 0 Å². The van der Waals surface area contributed by atoms with Gasteiger partial charge in [-0.25, -0.2) is 0 Å². The monoisotopic (exact) mass is 245 g/mol. The fourth-order valence-corrected chi connectivity index (χ4v) is 3.09. The molecule has 0 radical (unpaired) electrons. The third-order valence-corrected chi connectivity index (χ3v) is 4.72. The van der Waals surface area contributed by atoms with Gasteiger partial charge in [0.15, 0.2) is 0 Å². The molecule has 0 heterocycles. The maximum Gasteiger partial charge on any atom is 0.0379 e. The summed E-state index contributed by atoms with van der Waals surface area (Å²) in [7, 11) is 0. The Bertz CT molecular complexity index is 408. The Morgan fingerprint density at radius 2 is 1.94 bits per heavy atom. The molecule has 0 aliphatic heterocycles. The maximum atomic E-state index is 3.88. The number of nitrogens with one attached hydrogen (secondary N) is 1. The zero-order chi connectivity index (χ0) is 13.3. The number of hydrogen-bond donors (Lipinski definition) is 1. The molecular formula is C17H27N. The lowest BCUT2D eigenvalue weighted by Crippen LogP contribution is -2.40. The fourth-order valence-electron chi connectivity index (χ4n) is 3.09. The van der Waals surface area contributed by atoms with Crippen LogP contribution >= 0.6 is 0 Å². The van der Waals surface area contributed by atoms with Crippen LogP contribution < -0.4 is 5.32 Å². The topological polar surface area (TPSA) is 12.0 Å². The lowest BCUT2D eigenvalue weighted by atomic mass is 9.84. The Morgan fingerprint density at radius 3 is 2.61 bits per heavy atom. The second-order valence-corrected chi connectivity index (χ2v) is 6.64. The molecule has 0 saturated heterocycles. The molecular weight excluding hydrogens is 218 g/mol. The van der Waals surface area contributed by atoms with Crippen LogP contribution in [0.1, 0.15) is 58.2 Å².